The van der Waals surface area contributed by atoms with Crippen molar-refractivity contribution >= 4 is 5.82 Å². The van der Waals surface area contributed by atoms with Crippen LogP contribution < -0.4 is 10.5 Å². The number of pyridine rings is 1. The lowest BCUT2D eigenvalue weighted by Gasteiger charge is -2.45. The zero-order valence-electron chi connectivity index (χ0n) is 29.5. The number of nitrogens with one attached hydrogen (secondary N) is 1. The van der Waals surface area contributed by atoms with Gasteiger partial charge in [0.05, 0.1) is 18.8 Å². The highest BCUT2D eigenvalue weighted by molar-refractivity contribution is 5.43. The van der Waals surface area contributed by atoms with E-state index in [1.54, 1.807) is 24.4 Å². The van der Waals surface area contributed by atoms with E-state index in [9.17, 15) is 25.5 Å². The Balaban J connectivity index is 1.37. The topological polar surface area (TPSA) is 165 Å². The van der Waals surface area contributed by atoms with Crippen LogP contribution in [0.3, 0.4) is 0 Å². The predicted molar refractivity (Wildman–Crippen MR) is 196 cm³/mol. The molecule has 0 aliphatic heterocycles. The van der Waals surface area contributed by atoms with Crippen LogP contribution in [0.25, 0.3) is 0 Å². The fourth-order valence-corrected chi connectivity index (χ4v) is 8.31. The molecular formula is C41H57N3O6. The van der Waals surface area contributed by atoms with Crippen LogP contribution in [0.1, 0.15) is 113 Å². The SMILES string of the molecule is CCC1C#CCC(C(O)CCc2ccc(O)c(OC(CC(c3ccnc(N)c3)C3(c4ccc[nH]4)CCCCC3)C(O)CO)c2)C(O)CCCC1. The van der Waals surface area contributed by atoms with Gasteiger partial charge in [-0.05, 0) is 105 Å². The molecule has 2 aliphatic rings. The highest BCUT2D eigenvalue weighted by atomic mass is 16.5. The van der Waals surface area contributed by atoms with Gasteiger partial charge in [0.15, 0.2) is 11.5 Å². The second-order valence-electron chi connectivity index (χ2n) is 14.6. The van der Waals surface area contributed by atoms with Crippen molar-refractivity contribution in [1.29, 1.82) is 0 Å². The number of hydrogen-bond acceptors (Lipinski definition) is 8. The fraction of sp³-hybridized carbons (Fsp3) is 0.585. The highest BCUT2D eigenvalue weighted by Crippen LogP contribution is 2.51. The van der Waals surface area contributed by atoms with Crippen LogP contribution in [0.5, 0.6) is 11.5 Å². The Hall–Kier alpha value is -3.55. The maximum absolute atomic E-state index is 11.2. The largest absolute Gasteiger partial charge is 0.504 e. The first-order valence-corrected chi connectivity index (χ1v) is 18.7. The van der Waals surface area contributed by atoms with Gasteiger partial charge in [-0.2, -0.15) is 0 Å². The van der Waals surface area contributed by atoms with E-state index in [1.165, 1.54) is 0 Å². The maximum Gasteiger partial charge on any atom is 0.161 e. The molecule has 9 nitrogen and oxygen atoms in total. The molecule has 50 heavy (non-hydrogen) atoms. The smallest absolute Gasteiger partial charge is 0.161 e. The standard InChI is InChI=1S/C41H57N3O6/c1-2-28-10-4-5-13-33(46)31(12-8-11-28)34(47)17-15-29-16-18-35(48)37(24-29)50-38(36(49)27-45)26-32(30-19-23-44-40(42)25-30)41(20-6-3-7-21-41)39-14-9-22-43-39/h9,14,16,18-19,22-25,28,31-34,36,38,43,45-49H,2-7,10,12-13,15,17,20-21,26-27H2,1H3,(H2,42,44). The zero-order chi connectivity index (χ0) is 35.5. The average molecular weight is 688 g/mol. The molecule has 272 valence electrons. The van der Waals surface area contributed by atoms with Crippen molar-refractivity contribution in [3.8, 4) is 23.3 Å². The summed E-state index contributed by atoms with van der Waals surface area (Å²) >= 11 is 0. The summed E-state index contributed by atoms with van der Waals surface area (Å²) in [5.41, 5.74) is 8.86. The summed E-state index contributed by atoms with van der Waals surface area (Å²) in [6, 6.07) is 13.1. The number of H-pyrrole nitrogens is 1. The van der Waals surface area contributed by atoms with E-state index >= 15 is 0 Å². The minimum absolute atomic E-state index is 0.0746. The molecule has 2 heterocycles. The van der Waals surface area contributed by atoms with E-state index in [0.717, 1.165) is 74.6 Å². The monoisotopic (exact) mass is 687 g/mol. The molecule has 7 unspecified atom stereocenters. The van der Waals surface area contributed by atoms with Gasteiger partial charge < -0.3 is 41.0 Å². The zero-order valence-corrected chi connectivity index (χ0v) is 29.5. The molecule has 0 spiro atoms. The summed E-state index contributed by atoms with van der Waals surface area (Å²) in [7, 11) is 0. The quantitative estimate of drug-likeness (QED) is 0.0994. The molecule has 8 N–H and O–H groups in total. The molecular weight excluding hydrogens is 630 g/mol. The fourth-order valence-electron chi connectivity index (χ4n) is 8.31. The number of aliphatic hydroxyl groups excluding tert-OH is 4. The van der Waals surface area contributed by atoms with Gasteiger partial charge in [-0.15, -0.1) is 5.92 Å². The predicted octanol–water partition coefficient (Wildman–Crippen LogP) is 6.14. The van der Waals surface area contributed by atoms with Gasteiger partial charge in [0.25, 0.3) is 0 Å². The Morgan fingerprint density at radius 3 is 2.58 bits per heavy atom. The number of anilines is 1. The molecule has 5 rings (SSSR count). The Morgan fingerprint density at radius 1 is 1.06 bits per heavy atom. The molecule has 7 atom stereocenters. The van der Waals surface area contributed by atoms with Gasteiger partial charge >= 0.3 is 0 Å². The van der Waals surface area contributed by atoms with Crippen LogP contribution in [0.4, 0.5) is 5.82 Å². The summed E-state index contributed by atoms with van der Waals surface area (Å²) in [5, 5.41) is 54.5. The van der Waals surface area contributed by atoms with Crippen molar-refractivity contribution in [2.75, 3.05) is 12.3 Å². The van der Waals surface area contributed by atoms with Gasteiger partial charge in [-0.1, -0.05) is 51.0 Å². The van der Waals surface area contributed by atoms with E-state index in [1.807, 2.05) is 24.4 Å². The minimum Gasteiger partial charge on any atom is -0.504 e. The van der Waals surface area contributed by atoms with Crippen molar-refractivity contribution in [2.45, 2.75) is 133 Å². The number of aromatic nitrogens is 2. The van der Waals surface area contributed by atoms with Crippen molar-refractivity contribution < 1.29 is 30.3 Å². The number of aliphatic hydroxyl groups is 4. The third-order valence-corrected chi connectivity index (χ3v) is 11.3. The first-order valence-electron chi connectivity index (χ1n) is 18.7. The summed E-state index contributed by atoms with van der Waals surface area (Å²) in [4.78, 5) is 7.72. The Morgan fingerprint density at radius 2 is 1.86 bits per heavy atom. The number of hydrogen-bond donors (Lipinski definition) is 7. The molecule has 1 fully saturated rings. The molecule has 0 bridgehead atoms. The lowest BCUT2D eigenvalue weighted by Crippen LogP contribution is -2.43. The number of ether oxygens (including phenoxy) is 1. The van der Waals surface area contributed by atoms with Crippen LogP contribution >= 0.6 is 0 Å². The number of nitrogens with two attached hydrogens (primary N) is 1. The van der Waals surface area contributed by atoms with Gasteiger partial charge in [0.1, 0.15) is 18.0 Å². The van der Waals surface area contributed by atoms with E-state index < -0.39 is 31.0 Å². The molecule has 3 aromatic rings. The lowest BCUT2D eigenvalue weighted by atomic mass is 9.60. The van der Waals surface area contributed by atoms with Gasteiger partial charge in [-0.3, -0.25) is 0 Å². The third-order valence-electron chi connectivity index (χ3n) is 11.3. The minimum atomic E-state index is -1.21. The number of nitrogen functional groups attached to an aromatic ring is 1. The number of aromatic amines is 1. The Bertz CT molecular complexity index is 1530. The van der Waals surface area contributed by atoms with Crippen molar-refractivity contribution in [3.63, 3.8) is 0 Å². The number of aryl methyl sites for hydroxylation is 1. The van der Waals surface area contributed by atoms with Crippen molar-refractivity contribution in [2.24, 2.45) is 11.8 Å². The van der Waals surface area contributed by atoms with Crippen LogP contribution in [0, 0.1) is 23.7 Å². The van der Waals surface area contributed by atoms with Gasteiger partial charge in [-0.25, -0.2) is 4.98 Å². The lowest BCUT2D eigenvalue weighted by molar-refractivity contribution is -0.0138. The second-order valence-corrected chi connectivity index (χ2v) is 14.6. The molecule has 0 radical (unpaired) electrons. The molecule has 2 aromatic heterocycles. The van der Waals surface area contributed by atoms with Gasteiger partial charge in [0.2, 0.25) is 0 Å². The van der Waals surface area contributed by atoms with Crippen molar-refractivity contribution in [3.05, 3.63) is 71.7 Å². The molecule has 1 aromatic carbocycles. The number of aromatic hydroxyl groups is 1. The number of phenolic OH excluding ortho intramolecular Hbond substituents is 1. The van der Waals surface area contributed by atoms with E-state index in [4.69, 9.17) is 10.5 Å². The normalized spacial score (nSPS) is 23.5. The maximum atomic E-state index is 11.2. The first kappa shape index (κ1) is 37.7. The van der Waals surface area contributed by atoms with Crippen molar-refractivity contribution in [1.82, 2.24) is 9.97 Å². The molecule has 1 saturated carbocycles. The summed E-state index contributed by atoms with van der Waals surface area (Å²) in [6.07, 6.45) is 11.7. The first-order chi connectivity index (χ1) is 24.2. The number of phenols is 1. The van der Waals surface area contributed by atoms with E-state index in [-0.39, 0.29) is 28.7 Å². The summed E-state index contributed by atoms with van der Waals surface area (Å²) < 4.78 is 6.45. The van der Waals surface area contributed by atoms with E-state index in [2.05, 4.69) is 34.8 Å². The molecule has 0 saturated heterocycles. The Labute approximate surface area is 297 Å². The molecule has 9 heteroatoms. The number of nitrogens with zero attached hydrogens (tertiary/aromatic N) is 1. The van der Waals surface area contributed by atoms with Crippen LogP contribution in [0.15, 0.2) is 54.9 Å². The molecule has 2 aliphatic carbocycles. The second kappa shape index (κ2) is 18.1. The number of benzene rings is 1. The average Bonchev–Trinajstić information content (AvgIpc) is 3.69. The third kappa shape index (κ3) is 9.41. The molecule has 0 amide bonds. The van der Waals surface area contributed by atoms with E-state index in [0.29, 0.717) is 43.8 Å². The van der Waals surface area contributed by atoms with Crippen LogP contribution in [-0.4, -0.2) is 66.5 Å². The van der Waals surface area contributed by atoms with Crippen LogP contribution in [-0.2, 0) is 11.8 Å². The van der Waals surface area contributed by atoms with Crippen LogP contribution in [0.2, 0.25) is 0 Å². The summed E-state index contributed by atoms with van der Waals surface area (Å²) in [5.74, 6) is 7.04. The Kier molecular flexibility index (Phi) is 13.6. The highest BCUT2D eigenvalue weighted by Gasteiger charge is 2.45. The summed E-state index contributed by atoms with van der Waals surface area (Å²) in [6.45, 7) is 1.64. The van der Waals surface area contributed by atoms with Gasteiger partial charge in [0, 0.05) is 41.8 Å². The number of rotatable bonds is 14.